The van der Waals surface area contributed by atoms with Gasteiger partial charge in [-0.15, -0.1) is 12.4 Å². The number of carbonyl (C=O) groups excluding carboxylic acids is 1. The van der Waals surface area contributed by atoms with Crippen LogP contribution in [0.2, 0.25) is 0 Å². The molecule has 1 aromatic carbocycles. The smallest absolute Gasteiger partial charge is 0.220 e. The Morgan fingerprint density at radius 2 is 1.95 bits per heavy atom. The molecular weight excluding hydrogens is 264 g/mol. The Bertz CT molecular complexity index is 372. The Hall–Kier alpha value is -1.10. The van der Waals surface area contributed by atoms with E-state index in [1.807, 2.05) is 31.3 Å². The molecule has 2 N–H and O–H groups in total. The first-order valence-electron chi connectivity index (χ1n) is 6.25. The third kappa shape index (κ3) is 7.15. The SMILES string of the molecule is CNCCCC(=O)NCc1ccccc1COC.Cl. The van der Waals surface area contributed by atoms with Crippen molar-refractivity contribution >= 4 is 18.3 Å². The number of nitrogens with one attached hydrogen (secondary N) is 2. The predicted octanol–water partition coefficient (Wildman–Crippen LogP) is 1.87. The van der Waals surface area contributed by atoms with Gasteiger partial charge in [-0.2, -0.15) is 0 Å². The van der Waals surface area contributed by atoms with Gasteiger partial charge in [-0.3, -0.25) is 4.79 Å². The Kier molecular flexibility index (Phi) is 10.2. The van der Waals surface area contributed by atoms with E-state index in [1.165, 1.54) is 0 Å². The lowest BCUT2D eigenvalue weighted by atomic mass is 10.1. The van der Waals surface area contributed by atoms with E-state index >= 15 is 0 Å². The molecular formula is C14H23ClN2O2. The number of halogens is 1. The van der Waals surface area contributed by atoms with Gasteiger partial charge in [0, 0.05) is 20.1 Å². The van der Waals surface area contributed by atoms with Gasteiger partial charge in [0.15, 0.2) is 0 Å². The molecule has 108 valence electrons. The Labute approximate surface area is 121 Å². The van der Waals surface area contributed by atoms with Crippen molar-refractivity contribution in [3.63, 3.8) is 0 Å². The molecule has 0 spiro atoms. The number of rotatable bonds is 8. The van der Waals surface area contributed by atoms with Crippen LogP contribution in [0.25, 0.3) is 0 Å². The average Bonchev–Trinajstić information content (AvgIpc) is 2.38. The quantitative estimate of drug-likeness (QED) is 0.718. The molecule has 0 bridgehead atoms. The van der Waals surface area contributed by atoms with E-state index in [0.717, 1.165) is 24.1 Å². The largest absolute Gasteiger partial charge is 0.380 e. The van der Waals surface area contributed by atoms with E-state index in [2.05, 4.69) is 10.6 Å². The lowest BCUT2D eigenvalue weighted by Crippen LogP contribution is -2.24. The topological polar surface area (TPSA) is 50.4 Å². The van der Waals surface area contributed by atoms with Crippen molar-refractivity contribution in [1.29, 1.82) is 0 Å². The summed E-state index contributed by atoms with van der Waals surface area (Å²) in [7, 11) is 3.56. The van der Waals surface area contributed by atoms with Crippen LogP contribution in [0.15, 0.2) is 24.3 Å². The molecule has 0 radical (unpaired) electrons. The second-order valence-corrected chi connectivity index (χ2v) is 4.19. The number of methoxy groups -OCH3 is 1. The molecule has 0 fully saturated rings. The van der Waals surface area contributed by atoms with Crippen molar-refractivity contribution in [2.45, 2.75) is 26.0 Å². The highest BCUT2D eigenvalue weighted by molar-refractivity contribution is 5.85. The summed E-state index contributed by atoms with van der Waals surface area (Å²) in [5.41, 5.74) is 2.23. The molecule has 4 nitrogen and oxygen atoms in total. The molecule has 0 saturated carbocycles. The number of ether oxygens (including phenoxy) is 1. The maximum atomic E-state index is 11.6. The summed E-state index contributed by atoms with van der Waals surface area (Å²) >= 11 is 0. The first kappa shape index (κ1) is 17.9. The Morgan fingerprint density at radius 1 is 1.26 bits per heavy atom. The maximum Gasteiger partial charge on any atom is 0.220 e. The van der Waals surface area contributed by atoms with Gasteiger partial charge in [0.05, 0.1) is 6.61 Å². The minimum atomic E-state index is 0. The summed E-state index contributed by atoms with van der Waals surface area (Å²) in [6.07, 6.45) is 1.43. The van der Waals surface area contributed by atoms with Crippen molar-refractivity contribution in [3.05, 3.63) is 35.4 Å². The van der Waals surface area contributed by atoms with Crippen LogP contribution in [0.5, 0.6) is 0 Å². The molecule has 0 heterocycles. The summed E-state index contributed by atoms with van der Waals surface area (Å²) in [4.78, 5) is 11.6. The minimum absolute atomic E-state index is 0. The summed E-state index contributed by atoms with van der Waals surface area (Å²) < 4.78 is 5.13. The molecule has 0 aliphatic heterocycles. The van der Waals surface area contributed by atoms with Gasteiger partial charge in [0.2, 0.25) is 5.91 Å². The fraction of sp³-hybridized carbons (Fsp3) is 0.500. The molecule has 1 amide bonds. The van der Waals surface area contributed by atoms with E-state index in [0.29, 0.717) is 19.6 Å². The Morgan fingerprint density at radius 3 is 2.58 bits per heavy atom. The van der Waals surface area contributed by atoms with Gasteiger partial charge in [-0.1, -0.05) is 24.3 Å². The summed E-state index contributed by atoms with van der Waals surface area (Å²) in [5.74, 6) is 0.0949. The number of hydrogen-bond donors (Lipinski definition) is 2. The van der Waals surface area contributed by atoms with Crippen molar-refractivity contribution in [2.24, 2.45) is 0 Å². The number of carbonyl (C=O) groups is 1. The third-order valence-corrected chi connectivity index (χ3v) is 2.72. The summed E-state index contributed by atoms with van der Waals surface area (Å²) in [6, 6.07) is 7.99. The highest BCUT2D eigenvalue weighted by Gasteiger charge is 2.04. The highest BCUT2D eigenvalue weighted by Crippen LogP contribution is 2.09. The molecule has 0 aliphatic carbocycles. The van der Waals surface area contributed by atoms with Crippen LogP contribution in [-0.4, -0.2) is 26.6 Å². The van der Waals surface area contributed by atoms with Crippen LogP contribution < -0.4 is 10.6 Å². The van der Waals surface area contributed by atoms with Crippen molar-refractivity contribution < 1.29 is 9.53 Å². The highest BCUT2D eigenvalue weighted by atomic mass is 35.5. The van der Waals surface area contributed by atoms with Gasteiger partial charge in [-0.05, 0) is 31.1 Å². The zero-order chi connectivity index (χ0) is 13.2. The van der Waals surface area contributed by atoms with Crippen LogP contribution in [0.3, 0.4) is 0 Å². The van der Waals surface area contributed by atoms with Gasteiger partial charge < -0.3 is 15.4 Å². The summed E-state index contributed by atoms with van der Waals surface area (Å²) in [6.45, 7) is 2.01. The standard InChI is InChI=1S/C14H22N2O2.ClH/c1-15-9-5-8-14(17)16-10-12-6-3-4-7-13(12)11-18-2;/h3-4,6-7,15H,5,8-11H2,1-2H3,(H,16,17);1H. The first-order chi connectivity index (χ1) is 8.77. The monoisotopic (exact) mass is 286 g/mol. The predicted molar refractivity (Wildman–Crippen MR) is 79.4 cm³/mol. The van der Waals surface area contributed by atoms with Crippen molar-refractivity contribution in [1.82, 2.24) is 10.6 Å². The average molecular weight is 287 g/mol. The Balaban J connectivity index is 0.00000324. The van der Waals surface area contributed by atoms with Gasteiger partial charge >= 0.3 is 0 Å². The molecule has 0 aromatic heterocycles. The normalized spacial score (nSPS) is 9.79. The number of benzene rings is 1. The molecule has 1 rings (SSSR count). The third-order valence-electron chi connectivity index (χ3n) is 2.72. The zero-order valence-corrected chi connectivity index (χ0v) is 12.4. The van der Waals surface area contributed by atoms with Gasteiger partial charge in [0.1, 0.15) is 0 Å². The molecule has 19 heavy (non-hydrogen) atoms. The lowest BCUT2D eigenvalue weighted by molar-refractivity contribution is -0.121. The van der Waals surface area contributed by atoms with Gasteiger partial charge in [-0.25, -0.2) is 0 Å². The van der Waals surface area contributed by atoms with E-state index in [4.69, 9.17) is 4.74 Å². The second kappa shape index (κ2) is 10.8. The number of hydrogen-bond acceptors (Lipinski definition) is 3. The molecule has 0 unspecified atom stereocenters. The van der Waals surface area contributed by atoms with Gasteiger partial charge in [0.25, 0.3) is 0 Å². The van der Waals surface area contributed by atoms with Crippen LogP contribution in [0, 0.1) is 0 Å². The van der Waals surface area contributed by atoms with Crippen molar-refractivity contribution in [3.8, 4) is 0 Å². The minimum Gasteiger partial charge on any atom is -0.380 e. The van der Waals surface area contributed by atoms with Crippen molar-refractivity contribution in [2.75, 3.05) is 20.7 Å². The maximum absolute atomic E-state index is 11.6. The van der Waals surface area contributed by atoms with E-state index < -0.39 is 0 Å². The molecule has 0 saturated heterocycles. The molecule has 0 atom stereocenters. The van der Waals surface area contributed by atoms with E-state index in [-0.39, 0.29) is 18.3 Å². The lowest BCUT2D eigenvalue weighted by Gasteiger charge is -2.10. The second-order valence-electron chi connectivity index (χ2n) is 4.19. The fourth-order valence-corrected chi connectivity index (χ4v) is 1.73. The molecule has 0 aliphatic rings. The summed E-state index contributed by atoms with van der Waals surface area (Å²) in [5, 5.41) is 5.96. The van der Waals surface area contributed by atoms with E-state index in [1.54, 1.807) is 7.11 Å². The zero-order valence-electron chi connectivity index (χ0n) is 11.6. The van der Waals surface area contributed by atoms with E-state index in [9.17, 15) is 4.79 Å². The van der Waals surface area contributed by atoms with Crippen LogP contribution in [0.4, 0.5) is 0 Å². The first-order valence-corrected chi connectivity index (χ1v) is 6.25. The van der Waals surface area contributed by atoms with Crippen LogP contribution in [0.1, 0.15) is 24.0 Å². The van der Waals surface area contributed by atoms with Crippen LogP contribution >= 0.6 is 12.4 Å². The molecule has 1 aromatic rings. The van der Waals surface area contributed by atoms with Crippen LogP contribution in [-0.2, 0) is 22.7 Å². The fourth-order valence-electron chi connectivity index (χ4n) is 1.73. The number of amides is 1. The molecule has 5 heteroatoms.